The van der Waals surface area contributed by atoms with Crippen molar-refractivity contribution in [1.29, 1.82) is 0 Å². The van der Waals surface area contributed by atoms with E-state index in [2.05, 4.69) is 72.6 Å². The number of hydrogen-bond acceptors (Lipinski definition) is 1. The van der Waals surface area contributed by atoms with Gasteiger partial charge in [0.1, 0.15) is 0 Å². The summed E-state index contributed by atoms with van der Waals surface area (Å²) < 4.78 is 0. The second kappa shape index (κ2) is 7.23. The lowest BCUT2D eigenvalue weighted by Gasteiger charge is -2.22. The second-order valence-electron chi connectivity index (χ2n) is 7.21. The van der Waals surface area contributed by atoms with Gasteiger partial charge in [-0.05, 0) is 66.1 Å². The minimum Gasteiger partial charge on any atom is -0.256 e. The van der Waals surface area contributed by atoms with Gasteiger partial charge in [0.25, 0.3) is 0 Å². The lowest BCUT2D eigenvalue weighted by Crippen LogP contribution is -2.04. The van der Waals surface area contributed by atoms with Crippen LogP contribution in [-0.4, -0.2) is 4.98 Å². The van der Waals surface area contributed by atoms with Crippen LogP contribution in [0.15, 0.2) is 66.9 Å². The maximum atomic E-state index is 4.67. The van der Waals surface area contributed by atoms with Crippen molar-refractivity contribution in [3.05, 3.63) is 78.0 Å². The van der Waals surface area contributed by atoms with Gasteiger partial charge >= 0.3 is 0 Å². The molecule has 126 valence electrons. The number of hydrogen-bond donors (Lipinski definition) is 0. The summed E-state index contributed by atoms with van der Waals surface area (Å²) in [7, 11) is 0. The van der Waals surface area contributed by atoms with Gasteiger partial charge in [-0.3, -0.25) is 4.98 Å². The number of benzene rings is 2. The Hall–Kier alpha value is -2.41. The van der Waals surface area contributed by atoms with Crippen molar-refractivity contribution < 1.29 is 0 Å². The minimum atomic E-state index is 0.717. The molecular weight excluding hydrogens is 302 g/mol. The number of rotatable bonds is 3. The molecule has 1 fully saturated rings. The largest absolute Gasteiger partial charge is 0.256 e. The van der Waals surface area contributed by atoms with Gasteiger partial charge in [0, 0.05) is 11.8 Å². The molecule has 0 amide bonds. The Bertz CT molecular complexity index is 845. The highest BCUT2D eigenvalue weighted by atomic mass is 14.7. The molecule has 1 aliphatic carbocycles. The van der Waals surface area contributed by atoms with E-state index in [0.717, 1.165) is 11.6 Å². The van der Waals surface area contributed by atoms with Gasteiger partial charge in [-0.25, -0.2) is 0 Å². The average molecular weight is 327 g/mol. The summed E-state index contributed by atoms with van der Waals surface area (Å²) in [6, 6.07) is 21.9. The van der Waals surface area contributed by atoms with Crippen LogP contribution in [0.1, 0.15) is 49.1 Å². The molecule has 0 radical (unpaired) electrons. The molecule has 1 saturated carbocycles. The van der Waals surface area contributed by atoms with Crippen LogP contribution in [0.4, 0.5) is 0 Å². The smallest absolute Gasteiger partial charge is 0.0705 e. The Morgan fingerprint density at radius 3 is 2.40 bits per heavy atom. The second-order valence-corrected chi connectivity index (χ2v) is 7.21. The summed E-state index contributed by atoms with van der Waals surface area (Å²) in [6.45, 7) is 2.18. The molecule has 1 heterocycles. The standard InChI is InChI=1S/C24H25N/c1-18-12-13-22(16-23(18)20-10-6-3-7-11-20)24-17-21(14-15-25-24)19-8-4-2-5-9-19/h3,6-7,10-17,19H,2,4-5,8-9H2,1H3. The summed E-state index contributed by atoms with van der Waals surface area (Å²) in [5.74, 6) is 0.717. The molecule has 0 bridgehead atoms. The molecule has 25 heavy (non-hydrogen) atoms. The highest BCUT2D eigenvalue weighted by molar-refractivity contribution is 5.74. The Balaban J connectivity index is 1.70. The van der Waals surface area contributed by atoms with Crippen molar-refractivity contribution in [2.45, 2.75) is 44.9 Å². The molecule has 2 aromatic carbocycles. The molecule has 1 heteroatoms. The maximum absolute atomic E-state index is 4.67. The predicted molar refractivity (Wildman–Crippen MR) is 106 cm³/mol. The molecular formula is C24H25N. The molecule has 0 spiro atoms. The maximum Gasteiger partial charge on any atom is 0.0705 e. The monoisotopic (exact) mass is 327 g/mol. The molecule has 3 aromatic rings. The van der Waals surface area contributed by atoms with E-state index in [1.54, 1.807) is 0 Å². The summed E-state index contributed by atoms with van der Waals surface area (Å²) in [5, 5.41) is 0. The lowest BCUT2D eigenvalue weighted by molar-refractivity contribution is 0.443. The molecule has 0 saturated heterocycles. The first-order valence-electron chi connectivity index (χ1n) is 9.44. The topological polar surface area (TPSA) is 12.9 Å². The van der Waals surface area contributed by atoms with Crippen LogP contribution < -0.4 is 0 Å². The zero-order valence-electron chi connectivity index (χ0n) is 14.9. The molecule has 0 atom stereocenters. The first-order valence-corrected chi connectivity index (χ1v) is 9.44. The molecule has 1 aromatic heterocycles. The van der Waals surface area contributed by atoms with E-state index >= 15 is 0 Å². The van der Waals surface area contributed by atoms with E-state index in [9.17, 15) is 0 Å². The van der Waals surface area contributed by atoms with Gasteiger partial charge in [0.2, 0.25) is 0 Å². The molecule has 1 aliphatic rings. The lowest BCUT2D eigenvalue weighted by atomic mass is 9.84. The van der Waals surface area contributed by atoms with Crippen LogP contribution in [0.2, 0.25) is 0 Å². The number of aryl methyl sites for hydroxylation is 1. The Morgan fingerprint density at radius 2 is 1.60 bits per heavy atom. The Labute approximate surface area is 150 Å². The normalized spacial score (nSPS) is 15.2. The van der Waals surface area contributed by atoms with E-state index in [-0.39, 0.29) is 0 Å². The van der Waals surface area contributed by atoms with Crippen molar-refractivity contribution >= 4 is 0 Å². The van der Waals surface area contributed by atoms with Crippen LogP contribution in [0.5, 0.6) is 0 Å². The number of nitrogens with zero attached hydrogens (tertiary/aromatic N) is 1. The highest BCUT2D eigenvalue weighted by Crippen LogP contribution is 2.34. The third kappa shape index (κ3) is 3.51. The van der Waals surface area contributed by atoms with Gasteiger partial charge < -0.3 is 0 Å². The van der Waals surface area contributed by atoms with E-state index in [0.29, 0.717) is 0 Å². The van der Waals surface area contributed by atoms with Gasteiger partial charge in [-0.2, -0.15) is 0 Å². The van der Waals surface area contributed by atoms with Gasteiger partial charge in [0.05, 0.1) is 5.69 Å². The number of aromatic nitrogens is 1. The summed E-state index contributed by atoms with van der Waals surface area (Å²) in [4.78, 5) is 4.67. The third-order valence-electron chi connectivity index (χ3n) is 5.48. The summed E-state index contributed by atoms with van der Waals surface area (Å²) >= 11 is 0. The average Bonchev–Trinajstić information content (AvgIpc) is 2.70. The molecule has 0 aliphatic heterocycles. The predicted octanol–water partition coefficient (Wildman–Crippen LogP) is 6.77. The fourth-order valence-corrected chi connectivity index (χ4v) is 4.00. The van der Waals surface area contributed by atoms with Crippen molar-refractivity contribution in [3.8, 4) is 22.4 Å². The number of pyridine rings is 1. The van der Waals surface area contributed by atoms with Crippen molar-refractivity contribution in [2.24, 2.45) is 0 Å². The minimum absolute atomic E-state index is 0.717. The Kier molecular flexibility index (Phi) is 4.65. The van der Waals surface area contributed by atoms with Gasteiger partial charge in [-0.15, -0.1) is 0 Å². The van der Waals surface area contributed by atoms with Crippen molar-refractivity contribution in [2.75, 3.05) is 0 Å². The van der Waals surface area contributed by atoms with Crippen LogP contribution >= 0.6 is 0 Å². The first-order chi connectivity index (χ1) is 12.3. The van der Waals surface area contributed by atoms with Gasteiger partial charge in [-0.1, -0.05) is 61.7 Å². The summed E-state index contributed by atoms with van der Waals surface area (Å²) in [5.41, 5.74) is 7.64. The van der Waals surface area contributed by atoms with Crippen molar-refractivity contribution in [3.63, 3.8) is 0 Å². The fourth-order valence-electron chi connectivity index (χ4n) is 4.00. The first kappa shape index (κ1) is 16.1. The summed E-state index contributed by atoms with van der Waals surface area (Å²) in [6.07, 6.45) is 8.77. The van der Waals surface area contributed by atoms with E-state index in [1.165, 1.54) is 59.9 Å². The van der Waals surface area contributed by atoms with Crippen molar-refractivity contribution in [1.82, 2.24) is 4.98 Å². The molecule has 1 nitrogen and oxygen atoms in total. The molecule has 0 unspecified atom stereocenters. The Morgan fingerprint density at radius 1 is 0.800 bits per heavy atom. The van der Waals surface area contributed by atoms with E-state index < -0.39 is 0 Å². The fraction of sp³-hybridized carbons (Fsp3) is 0.292. The van der Waals surface area contributed by atoms with Crippen LogP contribution in [0.3, 0.4) is 0 Å². The quantitative estimate of drug-likeness (QED) is 0.517. The van der Waals surface area contributed by atoms with E-state index in [1.807, 2.05) is 6.20 Å². The van der Waals surface area contributed by atoms with Crippen LogP contribution in [0, 0.1) is 6.92 Å². The van der Waals surface area contributed by atoms with Crippen LogP contribution in [0.25, 0.3) is 22.4 Å². The zero-order valence-corrected chi connectivity index (χ0v) is 14.9. The highest BCUT2D eigenvalue weighted by Gasteiger charge is 2.16. The zero-order chi connectivity index (χ0) is 17.1. The SMILES string of the molecule is Cc1ccc(-c2cc(C3CCCCC3)ccn2)cc1-c1ccccc1. The molecule has 0 N–H and O–H groups in total. The third-order valence-corrected chi connectivity index (χ3v) is 5.48. The van der Waals surface area contributed by atoms with E-state index in [4.69, 9.17) is 0 Å². The van der Waals surface area contributed by atoms with Crippen LogP contribution in [-0.2, 0) is 0 Å². The van der Waals surface area contributed by atoms with Gasteiger partial charge in [0.15, 0.2) is 0 Å². The molecule has 4 rings (SSSR count).